The summed E-state index contributed by atoms with van der Waals surface area (Å²) in [5, 5.41) is 15.6. The number of aliphatic hydroxyl groups excluding tert-OH is 1. The lowest BCUT2D eigenvalue weighted by molar-refractivity contribution is 0.0926. The maximum atomic E-state index is 12.3. The minimum Gasteiger partial charge on any atom is -0.493 e. The van der Waals surface area contributed by atoms with Gasteiger partial charge in [0, 0.05) is 31.1 Å². The zero-order valence-electron chi connectivity index (χ0n) is 13.0. The molecule has 1 aromatic rings. The predicted molar refractivity (Wildman–Crippen MR) is 80.8 cm³/mol. The second-order valence-corrected chi connectivity index (χ2v) is 5.11. The van der Waals surface area contributed by atoms with Gasteiger partial charge in [-0.05, 0) is 12.1 Å². The third-order valence-corrected chi connectivity index (χ3v) is 3.76. The highest BCUT2D eigenvalue weighted by Gasteiger charge is 2.25. The van der Waals surface area contributed by atoms with Crippen LogP contribution in [0.1, 0.15) is 10.4 Å². The van der Waals surface area contributed by atoms with E-state index in [9.17, 15) is 9.90 Å². The normalized spacial score (nSPS) is 20.5. The number of methoxy groups -OCH3 is 3. The average molecular weight is 310 g/mol. The van der Waals surface area contributed by atoms with Crippen LogP contribution in [-0.4, -0.2) is 58.1 Å². The quantitative estimate of drug-likeness (QED) is 0.686. The van der Waals surface area contributed by atoms with Crippen LogP contribution in [0.5, 0.6) is 17.2 Å². The third-order valence-electron chi connectivity index (χ3n) is 3.76. The summed E-state index contributed by atoms with van der Waals surface area (Å²) in [7, 11) is 4.51. The fourth-order valence-corrected chi connectivity index (χ4v) is 2.47. The number of benzene rings is 1. The Kier molecular flexibility index (Phi) is 5.46. The summed E-state index contributed by atoms with van der Waals surface area (Å²) in [6, 6.07) is 3.19. The molecule has 1 fully saturated rings. The van der Waals surface area contributed by atoms with E-state index in [1.165, 1.54) is 21.3 Å². The van der Waals surface area contributed by atoms with Gasteiger partial charge in [-0.15, -0.1) is 0 Å². The highest BCUT2D eigenvalue weighted by molar-refractivity contribution is 5.95. The Bertz CT molecular complexity index is 510. The molecule has 0 bridgehead atoms. The molecule has 0 radical (unpaired) electrons. The Morgan fingerprint density at radius 3 is 2.32 bits per heavy atom. The summed E-state index contributed by atoms with van der Waals surface area (Å²) in [4.78, 5) is 12.3. The molecule has 1 aliphatic heterocycles. The lowest BCUT2D eigenvalue weighted by Gasteiger charge is -2.16. The van der Waals surface area contributed by atoms with Gasteiger partial charge in [0.2, 0.25) is 5.75 Å². The largest absolute Gasteiger partial charge is 0.493 e. The molecule has 1 saturated heterocycles. The lowest BCUT2D eigenvalue weighted by Crippen LogP contribution is -2.34. The topological polar surface area (TPSA) is 89.1 Å². The highest BCUT2D eigenvalue weighted by Crippen LogP contribution is 2.38. The number of aliphatic hydroxyl groups is 1. The van der Waals surface area contributed by atoms with Gasteiger partial charge < -0.3 is 30.0 Å². The molecule has 2 atom stereocenters. The molecule has 7 nitrogen and oxygen atoms in total. The van der Waals surface area contributed by atoms with Crippen molar-refractivity contribution in [3.63, 3.8) is 0 Å². The molecule has 0 aliphatic carbocycles. The summed E-state index contributed by atoms with van der Waals surface area (Å²) >= 11 is 0. The first-order valence-electron chi connectivity index (χ1n) is 7.07. The molecule has 0 spiro atoms. The van der Waals surface area contributed by atoms with Gasteiger partial charge in [-0.1, -0.05) is 0 Å². The van der Waals surface area contributed by atoms with Crippen LogP contribution in [0.15, 0.2) is 12.1 Å². The lowest BCUT2D eigenvalue weighted by atomic mass is 10.1. The van der Waals surface area contributed by atoms with Gasteiger partial charge in [-0.25, -0.2) is 0 Å². The molecule has 122 valence electrons. The van der Waals surface area contributed by atoms with Gasteiger partial charge in [-0.2, -0.15) is 0 Å². The molecule has 1 aliphatic rings. The Morgan fingerprint density at radius 2 is 1.86 bits per heavy atom. The summed E-state index contributed by atoms with van der Waals surface area (Å²) in [5.74, 6) is 1.06. The fourth-order valence-electron chi connectivity index (χ4n) is 2.47. The average Bonchev–Trinajstić information content (AvgIpc) is 2.96. The van der Waals surface area contributed by atoms with E-state index in [1.54, 1.807) is 12.1 Å². The number of hydrogen-bond acceptors (Lipinski definition) is 6. The van der Waals surface area contributed by atoms with Crippen LogP contribution in [0.2, 0.25) is 0 Å². The van der Waals surface area contributed by atoms with E-state index >= 15 is 0 Å². The van der Waals surface area contributed by atoms with Crippen molar-refractivity contribution in [3.8, 4) is 17.2 Å². The minimum atomic E-state index is -0.430. The van der Waals surface area contributed by atoms with Gasteiger partial charge in [0.1, 0.15) is 0 Å². The van der Waals surface area contributed by atoms with Gasteiger partial charge >= 0.3 is 0 Å². The van der Waals surface area contributed by atoms with Crippen LogP contribution in [0.3, 0.4) is 0 Å². The van der Waals surface area contributed by atoms with E-state index in [1.807, 2.05) is 0 Å². The standard InChI is InChI=1S/C15H22N2O5/c1-20-12-4-9(5-13(21-2)14(12)22-3)15(19)17-7-10-6-16-8-11(10)18/h4-5,10-11,16,18H,6-8H2,1-3H3,(H,17,19). The number of carbonyl (C=O) groups excluding carboxylic acids is 1. The Hall–Kier alpha value is -1.99. The SMILES string of the molecule is COc1cc(C(=O)NCC2CNCC2O)cc(OC)c1OC. The number of ether oxygens (including phenoxy) is 3. The molecule has 22 heavy (non-hydrogen) atoms. The fraction of sp³-hybridized carbons (Fsp3) is 0.533. The van der Waals surface area contributed by atoms with Crippen LogP contribution >= 0.6 is 0 Å². The van der Waals surface area contributed by atoms with Crippen LogP contribution < -0.4 is 24.8 Å². The molecule has 2 rings (SSSR count). The number of nitrogens with one attached hydrogen (secondary N) is 2. The van der Waals surface area contributed by atoms with Crippen LogP contribution in [0.4, 0.5) is 0 Å². The second kappa shape index (κ2) is 7.33. The Labute approximate surface area is 129 Å². The van der Waals surface area contributed by atoms with Gasteiger partial charge in [0.25, 0.3) is 5.91 Å². The van der Waals surface area contributed by atoms with Crippen molar-refractivity contribution >= 4 is 5.91 Å². The summed E-state index contributed by atoms with van der Waals surface area (Å²) in [5.41, 5.74) is 0.412. The number of β-amino-alcohol motifs (C(OH)–C–C–N with tert-alkyl or cyclic N) is 1. The summed E-state index contributed by atoms with van der Waals surface area (Å²) < 4.78 is 15.7. The van der Waals surface area contributed by atoms with Crippen LogP contribution in [0.25, 0.3) is 0 Å². The zero-order chi connectivity index (χ0) is 16.1. The van der Waals surface area contributed by atoms with Crippen molar-refractivity contribution in [3.05, 3.63) is 17.7 Å². The number of rotatable bonds is 6. The Balaban J connectivity index is 2.11. The van der Waals surface area contributed by atoms with Gasteiger partial charge in [0.15, 0.2) is 11.5 Å². The highest BCUT2D eigenvalue weighted by atomic mass is 16.5. The van der Waals surface area contributed by atoms with Crippen molar-refractivity contribution in [2.75, 3.05) is 41.0 Å². The van der Waals surface area contributed by atoms with Crippen LogP contribution in [0, 0.1) is 5.92 Å². The maximum absolute atomic E-state index is 12.3. The first kappa shape index (κ1) is 16.4. The molecular formula is C15H22N2O5. The van der Waals surface area contributed by atoms with Crippen molar-refractivity contribution < 1.29 is 24.1 Å². The summed E-state index contributed by atoms with van der Waals surface area (Å²) in [6.07, 6.45) is -0.430. The summed E-state index contributed by atoms with van der Waals surface area (Å²) in [6.45, 7) is 1.66. The number of amides is 1. The van der Waals surface area contributed by atoms with E-state index in [0.29, 0.717) is 42.4 Å². The zero-order valence-corrected chi connectivity index (χ0v) is 13.0. The molecule has 1 aromatic carbocycles. The van der Waals surface area contributed by atoms with Gasteiger partial charge in [0.05, 0.1) is 27.4 Å². The van der Waals surface area contributed by atoms with E-state index in [4.69, 9.17) is 14.2 Å². The van der Waals surface area contributed by atoms with Gasteiger partial charge in [-0.3, -0.25) is 4.79 Å². The number of carbonyl (C=O) groups is 1. The molecule has 7 heteroatoms. The van der Waals surface area contributed by atoms with Crippen molar-refractivity contribution in [1.29, 1.82) is 0 Å². The molecule has 3 N–H and O–H groups in total. The molecule has 2 unspecified atom stereocenters. The number of hydrogen-bond donors (Lipinski definition) is 3. The van der Waals surface area contributed by atoms with E-state index in [-0.39, 0.29) is 11.8 Å². The van der Waals surface area contributed by atoms with Crippen LogP contribution in [-0.2, 0) is 0 Å². The van der Waals surface area contributed by atoms with E-state index in [2.05, 4.69) is 10.6 Å². The smallest absolute Gasteiger partial charge is 0.251 e. The Morgan fingerprint density at radius 1 is 1.23 bits per heavy atom. The molecule has 0 saturated carbocycles. The first-order chi connectivity index (χ1) is 10.6. The minimum absolute atomic E-state index is 0.0194. The van der Waals surface area contributed by atoms with E-state index in [0.717, 1.165) is 0 Å². The molecule has 0 aromatic heterocycles. The third kappa shape index (κ3) is 3.42. The maximum Gasteiger partial charge on any atom is 0.251 e. The monoisotopic (exact) mass is 310 g/mol. The molecule has 1 heterocycles. The second-order valence-electron chi connectivity index (χ2n) is 5.11. The first-order valence-corrected chi connectivity index (χ1v) is 7.07. The van der Waals surface area contributed by atoms with Crippen molar-refractivity contribution in [1.82, 2.24) is 10.6 Å². The van der Waals surface area contributed by atoms with Crippen molar-refractivity contribution in [2.45, 2.75) is 6.10 Å². The molecular weight excluding hydrogens is 288 g/mol. The molecule has 1 amide bonds. The van der Waals surface area contributed by atoms with Crippen molar-refractivity contribution in [2.24, 2.45) is 5.92 Å². The predicted octanol–water partition coefficient (Wildman–Crippen LogP) is 0.0225. The van der Waals surface area contributed by atoms with E-state index < -0.39 is 6.10 Å².